The molecule has 8 heteroatoms. The Morgan fingerprint density at radius 1 is 1.44 bits per heavy atom. The fraction of sp³-hybridized carbons (Fsp3) is 0.400. The molecule has 1 aliphatic heterocycles. The van der Waals surface area contributed by atoms with Gasteiger partial charge >= 0.3 is 0 Å². The lowest BCUT2D eigenvalue weighted by Gasteiger charge is -2.15. The topological polar surface area (TPSA) is 119 Å². The van der Waals surface area contributed by atoms with Crippen molar-refractivity contribution in [3.63, 3.8) is 0 Å². The molecule has 18 heavy (non-hydrogen) atoms. The van der Waals surface area contributed by atoms with E-state index < -0.39 is 21.8 Å². The van der Waals surface area contributed by atoms with Crippen molar-refractivity contribution in [3.8, 4) is 0 Å². The molecule has 1 unspecified atom stereocenters. The molecule has 0 aliphatic carbocycles. The molecule has 7 nitrogen and oxygen atoms in total. The van der Waals surface area contributed by atoms with Crippen molar-refractivity contribution < 1.29 is 13.2 Å². The first kappa shape index (κ1) is 12.8. The van der Waals surface area contributed by atoms with Gasteiger partial charge in [0.05, 0.1) is 5.92 Å². The van der Waals surface area contributed by atoms with Gasteiger partial charge in [0.1, 0.15) is 10.7 Å². The molecule has 0 bridgehead atoms. The van der Waals surface area contributed by atoms with Crippen molar-refractivity contribution in [1.82, 2.24) is 9.29 Å². The fourth-order valence-electron chi connectivity index (χ4n) is 1.87. The number of hydrogen-bond acceptors (Lipinski definition) is 5. The highest BCUT2D eigenvalue weighted by Gasteiger charge is 2.34. The van der Waals surface area contributed by atoms with Gasteiger partial charge in [-0.05, 0) is 18.6 Å². The Hall–Kier alpha value is -1.67. The van der Waals surface area contributed by atoms with E-state index in [1.54, 1.807) is 0 Å². The number of nitrogens with zero attached hydrogens (tertiary/aromatic N) is 2. The molecule has 4 N–H and O–H groups in total. The van der Waals surface area contributed by atoms with Crippen molar-refractivity contribution in [2.45, 2.75) is 11.3 Å². The van der Waals surface area contributed by atoms with E-state index in [4.69, 9.17) is 11.5 Å². The number of carbonyl (C=O) groups excluding carboxylic acids is 1. The molecule has 1 fully saturated rings. The molecule has 1 aromatic rings. The Bertz CT molecular complexity index is 555. The summed E-state index contributed by atoms with van der Waals surface area (Å²) in [6.07, 6.45) is 1.67. The zero-order chi connectivity index (χ0) is 13.3. The van der Waals surface area contributed by atoms with Gasteiger partial charge < -0.3 is 11.5 Å². The smallest absolute Gasteiger partial charge is 0.244 e. The quantitative estimate of drug-likeness (QED) is 0.742. The standard InChI is InChI=1S/C10H14N4O3S/c11-9-2-1-8(5-13-9)18(16,17)14-4-3-7(6-14)10(12)15/h1-2,5,7H,3-4,6H2,(H2,11,13)(H2,12,15). The number of sulfonamides is 1. The number of anilines is 1. The number of rotatable bonds is 3. The number of carbonyl (C=O) groups is 1. The number of hydrogen-bond donors (Lipinski definition) is 2. The number of primary amides is 1. The third kappa shape index (κ3) is 2.29. The largest absolute Gasteiger partial charge is 0.384 e. The van der Waals surface area contributed by atoms with E-state index in [9.17, 15) is 13.2 Å². The molecule has 0 radical (unpaired) electrons. The van der Waals surface area contributed by atoms with Gasteiger partial charge in [-0.2, -0.15) is 4.31 Å². The molecule has 0 saturated carbocycles. The number of nitrogen functional groups attached to an aromatic ring is 1. The van der Waals surface area contributed by atoms with Gasteiger partial charge in [0.15, 0.2) is 0 Å². The summed E-state index contributed by atoms with van der Waals surface area (Å²) in [6.45, 7) is 0.419. The summed E-state index contributed by atoms with van der Waals surface area (Å²) in [7, 11) is -3.61. The van der Waals surface area contributed by atoms with Crippen LogP contribution in [0.2, 0.25) is 0 Å². The highest BCUT2D eigenvalue weighted by atomic mass is 32.2. The monoisotopic (exact) mass is 270 g/mol. The summed E-state index contributed by atoms with van der Waals surface area (Å²) in [5, 5.41) is 0. The first-order valence-corrected chi connectivity index (χ1v) is 6.86. The summed E-state index contributed by atoms with van der Waals surface area (Å²) in [5.41, 5.74) is 10.6. The Labute approximate surface area is 105 Å². The van der Waals surface area contributed by atoms with Gasteiger partial charge in [0, 0.05) is 19.3 Å². The Kier molecular flexibility index (Phi) is 3.22. The average Bonchev–Trinajstić information content (AvgIpc) is 2.79. The predicted molar refractivity (Wildman–Crippen MR) is 64.7 cm³/mol. The molecule has 0 spiro atoms. The minimum atomic E-state index is -3.61. The Morgan fingerprint density at radius 3 is 2.67 bits per heavy atom. The first-order valence-electron chi connectivity index (χ1n) is 5.42. The molecule has 1 atom stereocenters. The van der Waals surface area contributed by atoms with Crippen LogP contribution in [0.3, 0.4) is 0 Å². The Balaban J connectivity index is 2.22. The summed E-state index contributed by atoms with van der Waals surface area (Å²) in [4.78, 5) is 14.8. The summed E-state index contributed by atoms with van der Waals surface area (Å²) < 4.78 is 25.7. The van der Waals surface area contributed by atoms with Crippen LogP contribution >= 0.6 is 0 Å². The van der Waals surface area contributed by atoms with Crippen LogP contribution in [-0.4, -0.2) is 36.7 Å². The van der Waals surface area contributed by atoms with E-state index >= 15 is 0 Å². The van der Waals surface area contributed by atoms with Crippen LogP contribution in [0, 0.1) is 5.92 Å². The average molecular weight is 270 g/mol. The van der Waals surface area contributed by atoms with Crippen LogP contribution in [0.1, 0.15) is 6.42 Å². The van der Waals surface area contributed by atoms with E-state index in [0.29, 0.717) is 13.0 Å². The normalized spacial score (nSPS) is 21.0. The molecular formula is C10H14N4O3S. The molecule has 2 heterocycles. The molecule has 1 aliphatic rings. The van der Waals surface area contributed by atoms with Crippen LogP contribution < -0.4 is 11.5 Å². The highest BCUT2D eigenvalue weighted by molar-refractivity contribution is 7.89. The third-order valence-electron chi connectivity index (χ3n) is 2.95. The molecule has 2 rings (SSSR count). The number of nitrogens with two attached hydrogens (primary N) is 2. The van der Waals surface area contributed by atoms with Crippen LogP contribution in [0.15, 0.2) is 23.2 Å². The fourth-order valence-corrected chi connectivity index (χ4v) is 3.32. The van der Waals surface area contributed by atoms with Crippen molar-refractivity contribution in [2.24, 2.45) is 11.7 Å². The Morgan fingerprint density at radius 2 is 2.17 bits per heavy atom. The highest BCUT2D eigenvalue weighted by Crippen LogP contribution is 2.23. The van der Waals surface area contributed by atoms with Crippen LogP contribution in [0.5, 0.6) is 0 Å². The predicted octanol–water partition coefficient (Wildman–Crippen LogP) is -0.840. The van der Waals surface area contributed by atoms with Crippen LogP contribution in [-0.2, 0) is 14.8 Å². The van der Waals surface area contributed by atoms with Crippen LogP contribution in [0.4, 0.5) is 5.82 Å². The molecule has 1 amide bonds. The molecule has 98 valence electrons. The van der Waals surface area contributed by atoms with Crippen molar-refractivity contribution >= 4 is 21.7 Å². The zero-order valence-electron chi connectivity index (χ0n) is 9.61. The second-order valence-electron chi connectivity index (χ2n) is 4.17. The second kappa shape index (κ2) is 4.54. The lowest BCUT2D eigenvalue weighted by atomic mass is 10.1. The van der Waals surface area contributed by atoms with Gasteiger partial charge in [-0.15, -0.1) is 0 Å². The van der Waals surface area contributed by atoms with E-state index in [1.165, 1.54) is 22.6 Å². The molecule has 0 aromatic carbocycles. The van der Waals surface area contributed by atoms with Crippen molar-refractivity contribution in [2.75, 3.05) is 18.8 Å². The van der Waals surface area contributed by atoms with Gasteiger partial charge in [0.2, 0.25) is 15.9 Å². The van der Waals surface area contributed by atoms with Gasteiger partial charge in [-0.3, -0.25) is 4.79 Å². The van der Waals surface area contributed by atoms with E-state index in [0.717, 1.165) is 0 Å². The lowest BCUT2D eigenvalue weighted by Crippen LogP contribution is -2.31. The van der Waals surface area contributed by atoms with Gasteiger partial charge in [-0.25, -0.2) is 13.4 Å². The van der Waals surface area contributed by atoms with Gasteiger partial charge in [0.25, 0.3) is 0 Å². The summed E-state index contributed by atoms with van der Waals surface area (Å²) >= 11 is 0. The van der Waals surface area contributed by atoms with Crippen molar-refractivity contribution in [3.05, 3.63) is 18.3 Å². The SMILES string of the molecule is NC(=O)C1CCN(S(=O)(=O)c2ccc(N)nc2)C1. The van der Waals surface area contributed by atoms with Crippen LogP contribution in [0.25, 0.3) is 0 Å². The minimum Gasteiger partial charge on any atom is -0.384 e. The van der Waals surface area contributed by atoms with E-state index in [-0.39, 0.29) is 17.3 Å². The van der Waals surface area contributed by atoms with E-state index in [1.807, 2.05) is 0 Å². The number of aromatic nitrogens is 1. The third-order valence-corrected chi connectivity index (χ3v) is 4.80. The number of amides is 1. The molecule has 1 aromatic heterocycles. The number of pyridine rings is 1. The maximum Gasteiger partial charge on any atom is 0.244 e. The summed E-state index contributed by atoms with van der Waals surface area (Å²) in [5.74, 6) is -0.630. The maximum absolute atomic E-state index is 12.2. The molecule has 1 saturated heterocycles. The lowest BCUT2D eigenvalue weighted by molar-refractivity contribution is -0.121. The molecular weight excluding hydrogens is 256 g/mol. The minimum absolute atomic E-state index is 0.0711. The second-order valence-corrected chi connectivity index (χ2v) is 6.11. The summed E-state index contributed by atoms with van der Waals surface area (Å²) in [6, 6.07) is 2.82. The van der Waals surface area contributed by atoms with Crippen molar-refractivity contribution in [1.29, 1.82) is 0 Å². The van der Waals surface area contributed by atoms with E-state index in [2.05, 4.69) is 4.98 Å². The first-order chi connectivity index (χ1) is 8.41. The van der Waals surface area contributed by atoms with Gasteiger partial charge in [-0.1, -0.05) is 0 Å². The zero-order valence-corrected chi connectivity index (χ0v) is 10.4. The maximum atomic E-state index is 12.2.